The Morgan fingerprint density at radius 1 is 0.925 bits per heavy atom. The third-order valence-corrected chi connectivity index (χ3v) is 6.72. The number of carbonyl (C=O) groups excluding carboxylic acids is 1. The molecule has 2 N–H and O–H groups in total. The van der Waals surface area contributed by atoms with Crippen molar-refractivity contribution in [2.75, 3.05) is 13.7 Å². The molecule has 5 rings (SSSR count). The van der Waals surface area contributed by atoms with Gasteiger partial charge in [0.15, 0.2) is 5.75 Å². The number of carbonyl (C=O) groups is 2. The predicted molar refractivity (Wildman–Crippen MR) is 154 cm³/mol. The largest absolute Gasteiger partial charge is 0.497 e. The van der Waals surface area contributed by atoms with E-state index in [0.29, 0.717) is 38.5 Å². The number of nitrogens with one attached hydrogen (secondary N) is 1. The SMILES string of the molecule is COc1ccc2cc(-c3c(Oc4ccc(C(=O)NCCC(=O)O)cc4)cnn3-c3cc(Cl)ccc3Cl)ccc2c1. The molecule has 0 radical (unpaired) electrons. The quantitative estimate of drug-likeness (QED) is 0.196. The number of rotatable bonds is 9. The zero-order valence-corrected chi connectivity index (χ0v) is 22.7. The van der Waals surface area contributed by atoms with Crippen LogP contribution in [0.1, 0.15) is 16.8 Å². The second-order valence-electron chi connectivity index (χ2n) is 8.82. The number of ether oxygens (including phenoxy) is 2. The Morgan fingerprint density at radius 2 is 1.65 bits per heavy atom. The summed E-state index contributed by atoms with van der Waals surface area (Å²) in [4.78, 5) is 23.0. The standard InChI is InChI=1S/C30H23Cl2N3O5/c1-39-24-10-6-19-14-21(3-2-20(19)15-24)29-27(17-34-35(29)26-16-22(31)7-11-25(26)32)40-23-8-4-18(5-9-23)30(38)33-13-12-28(36)37/h2-11,14-17H,12-13H2,1H3,(H,33,38)(H,36,37). The molecule has 5 aromatic rings. The number of aromatic nitrogens is 2. The first-order valence-corrected chi connectivity index (χ1v) is 13.0. The highest BCUT2D eigenvalue weighted by molar-refractivity contribution is 6.34. The Kier molecular flexibility index (Phi) is 7.91. The minimum Gasteiger partial charge on any atom is -0.497 e. The summed E-state index contributed by atoms with van der Waals surface area (Å²) in [6.07, 6.45) is 1.44. The van der Waals surface area contributed by atoms with Gasteiger partial charge in [-0.1, -0.05) is 41.4 Å². The van der Waals surface area contributed by atoms with E-state index in [0.717, 1.165) is 22.1 Å². The molecule has 0 atom stereocenters. The van der Waals surface area contributed by atoms with Crippen LogP contribution in [0.15, 0.2) is 85.1 Å². The molecule has 0 spiro atoms. The second kappa shape index (κ2) is 11.7. The van der Waals surface area contributed by atoms with Crippen molar-refractivity contribution in [3.63, 3.8) is 0 Å². The normalized spacial score (nSPS) is 10.9. The number of benzene rings is 4. The minimum absolute atomic E-state index is 0.0412. The Labute approximate surface area is 239 Å². The fourth-order valence-corrected chi connectivity index (χ4v) is 4.55. The molecule has 202 valence electrons. The maximum Gasteiger partial charge on any atom is 0.305 e. The number of nitrogens with zero attached hydrogens (tertiary/aromatic N) is 2. The van der Waals surface area contributed by atoms with Crippen molar-refractivity contribution in [1.29, 1.82) is 0 Å². The van der Waals surface area contributed by atoms with Gasteiger partial charge in [0.2, 0.25) is 0 Å². The molecule has 8 nitrogen and oxygen atoms in total. The molecule has 1 heterocycles. The van der Waals surface area contributed by atoms with Gasteiger partial charge >= 0.3 is 5.97 Å². The van der Waals surface area contributed by atoms with Crippen LogP contribution < -0.4 is 14.8 Å². The van der Waals surface area contributed by atoms with Gasteiger partial charge in [0.25, 0.3) is 5.91 Å². The predicted octanol–water partition coefficient (Wildman–Crippen LogP) is 7.00. The van der Waals surface area contributed by atoms with Gasteiger partial charge < -0.3 is 19.9 Å². The lowest BCUT2D eigenvalue weighted by atomic mass is 10.0. The lowest BCUT2D eigenvalue weighted by Gasteiger charge is -2.13. The average Bonchev–Trinajstić information content (AvgIpc) is 3.37. The lowest BCUT2D eigenvalue weighted by Crippen LogP contribution is -2.25. The van der Waals surface area contributed by atoms with E-state index in [9.17, 15) is 9.59 Å². The summed E-state index contributed by atoms with van der Waals surface area (Å²) in [7, 11) is 1.63. The van der Waals surface area contributed by atoms with Crippen LogP contribution in [0.2, 0.25) is 10.0 Å². The zero-order chi connectivity index (χ0) is 28.2. The summed E-state index contributed by atoms with van der Waals surface area (Å²) >= 11 is 12.8. The van der Waals surface area contributed by atoms with E-state index < -0.39 is 5.97 Å². The third kappa shape index (κ3) is 5.88. The number of hydrogen-bond donors (Lipinski definition) is 2. The molecule has 1 aromatic heterocycles. The van der Waals surface area contributed by atoms with E-state index >= 15 is 0 Å². The molecule has 0 bridgehead atoms. The van der Waals surface area contributed by atoms with E-state index in [-0.39, 0.29) is 18.9 Å². The van der Waals surface area contributed by atoms with Crippen LogP contribution in [0, 0.1) is 0 Å². The van der Waals surface area contributed by atoms with Crippen LogP contribution in [0.5, 0.6) is 17.2 Å². The number of hydrogen-bond acceptors (Lipinski definition) is 5. The lowest BCUT2D eigenvalue weighted by molar-refractivity contribution is -0.136. The van der Waals surface area contributed by atoms with Crippen molar-refractivity contribution in [3.05, 3.63) is 101 Å². The van der Waals surface area contributed by atoms with E-state index in [4.69, 9.17) is 37.8 Å². The Balaban J connectivity index is 1.51. The smallest absolute Gasteiger partial charge is 0.305 e. The van der Waals surface area contributed by atoms with Crippen LogP contribution in [-0.4, -0.2) is 40.4 Å². The van der Waals surface area contributed by atoms with Crippen LogP contribution in [0.25, 0.3) is 27.7 Å². The van der Waals surface area contributed by atoms with Crippen molar-refractivity contribution in [3.8, 4) is 34.2 Å². The maximum atomic E-state index is 12.3. The number of halogens is 2. The molecule has 0 fully saturated rings. The summed E-state index contributed by atoms with van der Waals surface area (Å²) < 4.78 is 13.3. The summed E-state index contributed by atoms with van der Waals surface area (Å²) in [6, 6.07) is 23.5. The van der Waals surface area contributed by atoms with E-state index in [1.807, 2.05) is 36.4 Å². The maximum absolute atomic E-state index is 12.3. The Bertz CT molecular complexity index is 1720. The van der Waals surface area contributed by atoms with Crippen LogP contribution in [0.3, 0.4) is 0 Å². The van der Waals surface area contributed by atoms with Crippen molar-refractivity contribution >= 4 is 45.9 Å². The highest BCUT2D eigenvalue weighted by Crippen LogP contribution is 2.38. The van der Waals surface area contributed by atoms with Crippen LogP contribution in [0.4, 0.5) is 0 Å². The monoisotopic (exact) mass is 575 g/mol. The zero-order valence-electron chi connectivity index (χ0n) is 21.2. The van der Waals surface area contributed by atoms with Crippen molar-refractivity contribution in [2.24, 2.45) is 0 Å². The van der Waals surface area contributed by atoms with Crippen molar-refractivity contribution in [2.45, 2.75) is 6.42 Å². The minimum atomic E-state index is -0.981. The summed E-state index contributed by atoms with van der Waals surface area (Å²) in [5.41, 5.74) is 2.44. The van der Waals surface area contributed by atoms with Crippen molar-refractivity contribution < 1.29 is 24.2 Å². The molecule has 40 heavy (non-hydrogen) atoms. The van der Waals surface area contributed by atoms with Crippen LogP contribution >= 0.6 is 23.2 Å². The second-order valence-corrected chi connectivity index (χ2v) is 9.66. The molecular formula is C30H23Cl2N3O5. The highest BCUT2D eigenvalue weighted by atomic mass is 35.5. The molecule has 0 aliphatic heterocycles. The molecule has 4 aromatic carbocycles. The molecule has 1 amide bonds. The van der Waals surface area contributed by atoms with Gasteiger partial charge in [-0.15, -0.1) is 0 Å². The molecule has 0 aliphatic carbocycles. The Morgan fingerprint density at radius 3 is 2.40 bits per heavy atom. The number of aliphatic carboxylic acids is 1. The van der Waals surface area contributed by atoms with Gasteiger partial charge in [-0.2, -0.15) is 5.10 Å². The molecular weight excluding hydrogens is 553 g/mol. The van der Waals surface area contributed by atoms with Gasteiger partial charge in [-0.25, -0.2) is 4.68 Å². The summed E-state index contributed by atoms with van der Waals surface area (Å²) in [5.74, 6) is 0.350. The summed E-state index contributed by atoms with van der Waals surface area (Å²) in [6.45, 7) is 0.0412. The first-order valence-electron chi connectivity index (χ1n) is 12.2. The topological polar surface area (TPSA) is 103 Å². The van der Waals surface area contributed by atoms with E-state index in [1.165, 1.54) is 0 Å². The van der Waals surface area contributed by atoms with Gasteiger partial charge in [0.1, 0.15) is 17.2 Å². The fourth-order valence-electron chi connectivity index (χ4n) is 4.19. The molecule has 10 heteroatoms. The fraction of sp³-hybridized carbons (Fsp3) is 0.100. The first kappa shape index (κ1) is 27.1. The van der Waals surface area contributed by atoms with E-state index in [2.05, 4.69) is 10.4 Å². The average molecular weight is 576 g/mol. The van der Waals surface area contributed by atoms with Gasteiger partial charge in [0.05, 0.1) is 30.4 Å². The number of fused-ring (bicyclic) bond motifs is 1. The highest BCUT2D eigenvalue weighted by Gasteiger charge is 2.19. The third-order valence-electron chi connectivity index (χ3n) is 6.16. The summed E-state index contributed by atoms with van der Waals surface area (Å²) in [5, 5.41) is 18.9. The number of carboxylic acid groups (broad SMARTS) is 1. The molecule has 0 saturated carbocycles. The first-order chi connectivity index (χ1) is 19.3. The number of carboxylic acids is 1. The number of methoxy groups -OCH3 is 1. The van der Waals surface area contributed by atoms with E-state index in [1.54, 1.807) is 60.5 Å². The van der Waals surface area contributed by atoms with Crippen LogP contribution in [-0.2, 0) is 4.79 Å². The van der Waals surface area contributed by atoms with Gasteiger partial charge in [-0.05, 0) is 71.4 Å². The van der Waals surface area contributed by atoms with Gasteiger partial charge in [-0.3, -0.25) is 9.59 Å². The Hall–Kier alpha value is -4.53. The number of amides is 1. The molecule has 0 unspecified atom stereocenters. The molecule has 0 aliphatic rings. The van der Waals surface area contributed by atoms with Gasteiger partial charge in [0, 0.05) is 22.7 Å². The van der Waals surface area contributed by atoms with Crippen molar-refractivity contribution in [1.82, 2.24) is 15.1 Å². The molecule has 0 saturated heterocycles.